The summed E-state index contributed by atoms with van der Waals surface area (Å²) in [5.41, 5.74) is 3.05. The Kier molecular flexibility index (Phi) is 7.54. The maximum absolute atomic E-state index is 12.3. The number of thiazole rings is 1. The fourth-order valence-electron chi connectivity index (χ4n) is 3.46. The van der Waals surface area contributed by atoms with Crippen LogP contribution in [-0.4, -0.2) is 56.8 Å². The first-order chi connectivity index (χ1) is 16.1. The number of nitrogens with zero attached hydrogens (tertiary/aromatic N) is 2. The van der Waals surface area contributed by atoms with Crippen molar-refractivity contribution in [1.29, 1.82) is 0 Å². The zero-order valence-electron chi connectivity index (χ0n) is 18.4. The number of morpholine rings is 1. The van der Waals surface area contributed by atoms with E-state index in [1.807, 2.05) is 29.6 Å². The lowest BCUT2D eigenvalue weighted by Gasteiger charge is -2.26. The molecule has 3 aromatic rings. The molecule has 1 aromatic heterocycles. The Hall–Kier alpha value is -3.43. The van der Waals surface area contributed by atoms with Gasteiger partial charge in [0.2, 0.25) is 5.91 Å². The van der Waals surface area contributed by atoms with E-state index in [0.29, 0.717) is 17.0 Å². The number of amides is 2. The van der Waals surface area contributed by atoms with Crippen LogP contribution in [0.2, 0.25) is 0 Å². The summed E-state index contributed by atoms with van der Waals surface area (Å²) in [5.74, 6) is 0.0485. The predicted molar refractivity (Wildman–Crippen MR) is 129 cm³/mol. The van der Waals surface area contributed by atoms with Crippen molar-refractivity contribution in [2.24, 2.45) is 0 Å². The van der Waals surface area contributed by atoms with Crippen molar-refractivity contribution in [3.8, 4) is 17.0 Å². The Bertz CT molecular complexity index is 1090. The normalized spacial score (nSPS) is 13.4. The number of methoxy groups -OCH3 is 1. The van der Waals surface area contributed by atoms with Crippen LogP contribution in [0.4, 0.5) is 10.8 Å². The quantitative estimate of drug-likeness (QED) is 0.529. The average molecular weight is 467 g/mol. The number of carbonyl (C=O) groups is 2. The van der Waals surface area contributed by atoms with Crippen molar-refractivity contribution < 1.29 is 19.1 Å². The number of anilines is 2. The number of rotatable bonds is 8. The Morgan fingerprint density at radius 1 is 1.12 bits per heavy atom. The highest BCUT2D eigenvalue weighted by Crippen LogP contribution is 2.28. The molecular weight excluding hydrogens is 440 g/mol. The monoisotopic (exact) mass is 466 g/mol. The molecule has 2 N–H and O–H groups in total. The van der Waals surface area contributed by atoms with Crippen LogP contribution in [0.3, 0.4) is 0 Å². The van der Waals surface area contributed by atoms with Crippen molar-refractivity contribution in [3.63, 3.8) is 0 Å². The summed E-state index contributed by atoms with van der Waals surface area (Å²) >= 11 is 1.62. The highest BCUT2D eigenvalue weighted by Gasteiger charge is 2.15. The van der Waals surface area contributed by atoms with E-state index in [0.717, 1.165) is 42.7 Å². The van der Waals surface area contributed by atoms with Crippen LogP contribution in [0, 0.1) is 0 Å². The largest absolute Gasteiger partial charge is 0.496 e. The van der Waals surface area contributed by atoms with Crippen molar-refractivity contribution in [2.45, 2.75) is 6.42 Å². The lowest BCUT2D eigenvalue weighted by Crippen LogP contribution is -2.36. The molecule has 33 heavy (non-hydrogen) atoms. The molecule has 9 heteroatoms. The molecule has 0 unspecified atom stereocenters. The highest BCUT2D eigenvalue weighted by atomic mass is 32.1. The van der Waals surface area contributed by atoms with E-state index in [-0.39, 0.29) is 24.8 Å². The van der Waals surface area contributed by atoms with Gasteiger partial charge in [0, 0.05) is 42.7 Å². The van der Waals surface area contributed by atoms with Gasteiger partial charge in [-0.2, -0.15) is 0 Å². The fraction of sp³-hybridized carbons (Fsp3) is 0.292. The molecule has 0 aliphatic carbocycles. The summed E-state index contributed by atoms with van der Waals surface area (Å²) in [6, 6.07) is 14.6. The molecule has 0 spiro atoms. The first-order valence-electron chi connectivity index (χ1n) is 10.7. The van der Waals surface area contributed by atoms with Crippen molar-refractivity contribution in [2.75, 3.05) is 50.2 Å². The molecule has 0 atom stereocenters. The number of aromatic nitrogens is 1. The molecule has 2 aromatic carbocycles. The topological polar surface area (TPSA) is 92.8 Å². The zero-order chi connectivity index (χ0) is 23.0. The number of nitrogens with one attached hydrogen (secondary N) is 2. The summed E-state index contributed by atoms with van der Waals surface area (Å²) in [7, 11) is 1.52. The molecule has 0 saturated carbocycles. The number of hydrogen-bond donors (Lipinski definition) is 2. The van der Waals surface area contributed by atoms with Crippen LogP contribution in [0.1, 0.15) is 16.8 Å². The second-order valence-corrected chi connectivity index (χ2v) is 8.28. The number of para-hydroxylation sites is 1. The predicted octanol–water partition coefficient (Wildman–Crippen LogP) is 3.41. The van der Waals surface area contributed by atoms with Gasteiger partial charge in [-0.1, -0.05) is 24.3 Å². The molecule has 4 rings (SSSR count). The number of ether oxygens (including phenoxy) is 2. The third kappa shape index (κ3) is 5.88. The molecule has 1 aliphatic heterocycles. The summed E-state index contributed by atoms with van der Waals surface area (Å²) in [6.07, 6.45) is 0.164. The molecule has 1 aliphatic rings. The molecule has 172 valence electrons. The van der Waals surface area contributed by atoms with Gasteiger partial charge < -0.3 is 25.0 Å². The van der Waals surface area contributed by atoms with E-state index in [1.165, 1.54) is 7.11 Å². The smallest absolute Gasteiger partial charge is 0.255 e. The van der Waals surface area contributed by atoms with Crippen LogP contribution in [0.5, 0.6) is 5.75 Å². The van der Waals surface area contributed by atoms with E-state index in [2.05, 4.69) is 15.5 Å². The van der Waals surface area contributed by atoms with E-state index in [1.54, 1.807) is 35.6 Å². The molecule has 2 heterocycles. The Balaban J connectivity index is 1.26. The Morgan fingerprint density at radius 3 is 2.64 bits per heavy atom. The first kappa shape index (κ1) is 22.8. The third-order valence-corrected chi connectivity index (χ3v) is 6.13. The summed E-state index contributed by atoms with van der Waals surface area (Å²) in [6.45, 7) is 3.40. The van der Waals surface area contributed by atoms with Crippen LogP contribution >= 0.6 is 11.3 Å². The summed E-state index contributed by atoms with van der Waals surface area (Å²) in [4.78, 5) is 31.6. The molecule has 8 nitrogen and oxygen atoms in total. The maximum Gasteiger partial charge on any atom is 0.255 e. The maximum atomic E-state index is 12.3. The van der Waals surface area contributed by atoms with Gasteiger partial charge in [-0.05, 0) is 24.3 Å². The minimum atomic E-state index is -0.274. The molecule has 2 amide bonds. The van der Waals surface area contributed by atoms with Crippen molar-refractivity contribution in [3.05, 3.63) is 59.5 Å². The summed E-state index contributed by atoms with van der Waals surface area (Å²) in [5, 5.41) is 8.66. The van der Waals surface area contributed by atoms with Gasteiger partial charge in [0.1, 0.15) is 5.75 Å². The van der Waals surface area contributed by atoms with Gasteiger partial charge in [-0.15, -0.1) is 11.3 Å². The van der Waals surface area contributed by atoms with Gasteiger partial charge in [0.05, 0.1) is 31.6 Å². The Labute approximate surface area is 196 Å². The van der Waals surface area contributed by atoms with E-state index >= 15 is 0 Å². The van der Waals surface area contributed by atoms with Crippen LogP contribution < -0.4 is 20.3 Å². The standard InChI is InChI=1S/C24H26N4O4S/c1-31-21-5-3-2-4-19(21)23(30)25-11-10-22(29)26-18-8-6-17(7-9-18)20-16-33-24(27-20)28-12-14-32-15-13-28/h2-9,16H,10-15H2,1H3,(H,25,30)(H,26,29). The number of benzene rings is 2. The molecule has 0 bridgehead atoms. The van der Waals surface area contributed by atoms with Gasteiger partial charge in [-0.3, -0.25) is 9.59 Å². The Morgan fingerprint density at radius 2 is 1.88 bits per heavy atom. The van der Waals surface area contributed by atoms with E-state index in [4.69, 9.17) is 14.5 Å². The van der Waals surface area contributed by atoms with Crippen LogP contribution in [0.15, 0.2) is 53.9 Å². The van der Waals surface area contributed by atoms with E-state index < -0.39 is 0 Å². The van der Waals surface area contributed by atoms with Crippen molar-refractivity contribution in [1.82, 2.24) is 10.3 Å². The molecule has 0 radical (unpaired) electrons. The zero-order valence-corrected chi connectivity index (χ0v) is 19.2. The second kappa shape index (κ2) is 10.9. The summed E-state index contributed by atoms with van der Waals surface area (Å²) < 4.78 is 10.6. The van der Waals surface area contributed by atoms with Gasteiger partial charge in [-0.25, -0.2) is 4.98 Å². The lowest BCUT2D eigenvalue weighted by atomic mass is 10.1. The minimum Gasteiger partial charge on any atom is -0.496 e. The fourth-order valence-corrected chi connectivity index (χ4v) is 4.35. The van der Waals surface area contributed by atoms with E-state index in [9.17, 15) is 9.59 Å². The number of carbonyl (C=O) groups excluding carboxylic acids is 2. The SMILES string of the molecule is COc1ccccc1C(=O)NCCC(=O)Nc1ccc(-c2csc(N3CCOCC3)n2)cc1. The van der Waals surface area contributed by atoms with Crippen molar-refractivity contribution >= 4 is 34.0 Å². The third-order valence-electron chi connectivity index (χ3n) is 5.23. The number of hydrogen-bond acceptors (Lipinski definition) is 7. The van der Waals surface area contributed by atoms with Gasteiger partial charge in [0.25, 0.3) is 5.91 Å². The first-order valence-corrected chi connectivity index (χ1v) is 11.6. The van der Waals surface area contributed by atoms with Gasteiger partial charge in [0.15, 0.2) is 5.13 Å². The van der Waals surface area contributed by atoms with Gasteiger partial charge >= 0.3 is 0 Å². The second-order valence-electron chi connectivity index (χ2n) is 7.45. The molecule has 1 fully saturated rings. The molecular formula is C24H26N4O4S. The lowest BCUT2D eigenvalue weighted by molar-refractivity contribution is -0.116. The average Bonchev–Trinajstić information content (AvgIpc) is 3.35. The minimum absolute atomic E-state index is 0.164. The molecule has 1 saturated heterocycles. The van der Waals surface area contributed by atoms with Crippen LogP contribution in [-0.2, 0) is 9.53 Å². The van der Waals surface area contributed by atoms with Crippen LogP contribution in [0.25, 0.3) is 11.3 Å². The highest BCUT2D eigenvalue weighted by molar-refractivity contribution is 7.14.